The third-order valence-electron chi connectivity index (χ3n) is 4.50. The number of aliphatic hydroxyl groups excluding tert-OH is 2. The zero-order chi connectivity index (χ0) is 20.9. The molecule has 0 amide bonds. The van der Waals surface area contributed by atoms with Crippen LogP contribution >= 0.6 is 0 Å². The van der Waals surface area contributed by atoms with Gasteiger partial charge in [0.05, 0.1) is 19.8 Å². The summed E-state index contributed by atoms with van der Waals surface area (Å²) in [4.78, 5) is 0. The van der Waals surface area contributed by atoms with Crippen LogP contribution < -0.4 is 29.6 Å². The molecule has 0 aliphatic rings. The molecule has 0 aromatic carbocycles. The molecule has 8 heteroatoms. The molecule has 2 N–H and O–H groups in total. The Morgan fingerprint density at radius 2 is 1.31 bits per heavy atom. The normalized spacial score (nSPS) is 12.9. The van der Waals surface area contributed by atoms with Gasteiger partial charge < -0.3 is 11.6 Å². The van der Waals surface area contributed by atoms with E-state index in [9.17, 15) is 8.42 Å². The van der Waals surface area contributed by atoms with Gasteiger partial charge >= 0.3 is 40.0 Å². The van der Waals surface area contributed by atoms with Crippen LogP contribution in [0.3, 0.4) is 0 Å². The minimum Gasteiger partial charge on any atom is -1.00 e. The van der Waals surface area contributed by atoms with Crippen molar-refractivity contribution in [1.82, 2.24) is 0 Å². The van der Waals surface area contributed by atoms with Gasteiger partial charge in [0.25, 0.3) is 0 Å². The summed E-state index contributed by atoms with van der Waals surface area (Å²) in [5.41, 5.74) is 0. The Morgan fingerprint density at radius 3 is 1.83 bits per heavy atom. The van der Waals surface area contributed by atoms with Crippen molar-refractivity contribution >= 4 is 10.4 Å². The molecule has 0 rings (SSSR count). The molecule has 0 aromatic heterocycles. The smallest absolute Gasteiger partial charge is 1.00 e. The number of unbranched alkanes of at least 4 members (excludes halogenated alkanes) is 12. The number of hydrogen-bond acceptors (Lipinski definition) is 6. The largest absolute Gasteiger partial charge is 1.00 e. The van der Waals surface area contributed by atoms with E-state index in [1.807, 2.05) is 0 Å². The van der Waals surface area contributed by atoms with Crippen molar-refractivity contribution in [2.24, 2.45) is 0 Å². The van der Waals surface area contributed by atoms with E-state index >= 15 is 0 Å². The maximum Gasteiger partial charge on any atom is 1.00 e. The Labute approximate surface area is 202 Å². The molecule has 0 spiro atoms. The number of allylic oxidation sites excluding steroid dienone is 2. The molecule has 0 aromatic rings. The molecule has 6 nitrogen and oxygen atoms in total. The maximum absolute atomic E-state index is 11.4. The SMILES string of the molecule is CCCCCCCC/C=C\CCCCCCCCOS(=O)(=O)OCC(O)CO.[H-].[Na+]. The van der Waals surface area contributed by atoms with E-state index in [-0.39, 0.29) is 37.6 Å². The van der Waals surface area contributed by atoms with Crippen molar-refractivity contribution in [3.05, 3.63) is 12.2 Å². The molecular formula is C21H43NaO6S. The van der Waals surface area contributed by atoms with E-state index in [1.165, 1.54) is 57.8 Å². The standard InChI is InChI=1S/C21H42O6S.Na.H/c1-2-3-4-5-6-7-8-9-10-11-12-13-14-15-16-17-18-26-28(24,25)27-20-21(23)19-22;;/h9-10,21-23H,2-8,11-20H2,1H3;;/q;+1;-1/b10-9-;;. The molecule has 0 fully saturated rings. The molecular weight excluding hydrogens is 403 g/mol. The molecule has 0 saturated heterocycles. The summed E-state index contributed by atoms with van der Waals surface area (Å²) < 4.78 is 31.9. The van der Waals surface area contributed by atoms with E-state index < -0.39 is 29.7 Å². The Bertz CT molecular complexity index is 462. The van der Waals surface area contributed by atoms with E-state index in [1.54, 1.807) is 0 Å². The summed E-state index contributed by atoms with van der Waals surface area (Å²) >= 11 is 0. The summed E-state index contributed by atoms with van der Waals surface area (Å²) in [6.07, 6.45) is 20.0. The third kappa shape index (κ3) is 24.7. The van der Waals surface area contributed by atoms with Crippen molar-refractivity contribution in [3.63, 3.8) is 0 Å². The molecule has 170 valence electrons. The van der Waals surface area contributed by atoms with E-state index in [0.717, 1.165) is 25.7 Å². The van der Waals surface area contributed by atoms with Gasteiger partial charge in [-0.2, -0.15) is 8.42 Å². The summed E-state index contributed by atoms with van der Waals surface area (Å²) in [5, 5.41) is 17.6. The van der Waals surface area contributed by atoms with Crippen LogP contribution in [0.15, 0.2) is 12.2 Å². The molecule has 1 atom stereocenters. The van der Waals surface area contributed by atoms with Crippen molar-refractivity contribution < 1.29 is 58.0 Å². The number of aliphatic hydroxyl groups is 2. The fourth-order valence-electron chi connectivity index (χ4n) is 2.76. The van der Waals surface area contributed by atoms with E-state index in [0.29, 0.717) is 6.42 Å². The Kier molecular flexibility index (Phi) is 25.4. The first kappa shape index (κ1) is 31.7. The number of rotatable bonds is 21. The second-order valence-corrected chi connectivity index (χ2v) is 8.58. The van der Waals surface area contributed by atoms with Gasteiger partial charge in [-0.05, 0) is 32.1 Å². The Balaban J connectivity index is -0.00000364. The van der Waals surface area contributed by atoms with Crippen LogP contribution in [0.25, 0.3) is 0 Å². The molecule has 0 heterocycles. The fraction of sp³-hybridized carbons (Fsp3) is 0.905. The van der Waals surface area contributed by atoms with Gasteiger partial charge in [-0.1, -0.05) is 76.9 Å². The summed E-state index contributed by atoms with van der Waals surface area (Å²) in [6, 6.07) is 0. The molecule has 0 aliphatic heterocycles. The van der Waals surface area contributed by atoms with Crippen LogP contribution in [0.4, 0.5) is 0 Å². The number of hydrogen-bond donors (Lipinski definition) is 2. The van der Waals surface area contributed by atoms with Crippen molar-refractivity contribution in [1.29, 1.82) is 0 Å². The first-order chi connectivity index (χ1) is 13.5. The van der Waals surface area contributed by atoms with Crippen LogP contribution in [0.1, 0.15) is 98.2 Å². The molecule has 1 unspecified atom stereocenters. The minimum atomic E-state index is -4.09. The molecule has 0 aliphatic carbocycles. The second kappa shape index (κ2) is 23.2. The summed E-state index contributed by atoms with van der Waals surface area (Å²) in [5.74, 6) is 0. The van der Waals surface area contributed by atoms with Gasteiger partial charge in [0, 0.05) is 0 Å². The fourth-order valence-corrected chi connectivity index (χ4v) is 3.47. The van der Waals surface area contributed by atoms with Crippen molar-refractivity contribution in [3.8, 4) is 0 Å². The maximum atomic E-state index is 11.4. The predicted octanol–water partition coefficient (Wildman–Crippen LogP) is 1.77. The van der Waals surface area contributed by atoms with Gasteiger partial charge in [0.1, 0.15) is 6.10 Å². The monoisotopic (exact) mass is 446 g/mol. The Morgan fingerprint density at radius 1 is 0.828 bits per heavy atom. The molecule has 0 radical (unpaired) electrons. The summed E-state index contributed by atoms with van der Waals surface area (Å²) in [7, 11) is -4.09. The predicted molar refractivity (Wildman–Crippen MR) is 114 cm³/mol. The third-order valence-corrected chi connectivity index (χ3v) is 5.38. The van der Waals surface area contributed by atoms with Gasteiger partial charge in [-0.3, -0.25) is 0 Å². The zero-order valence-electron chi connectivity index (χ0n) is 19.7. The van der Waals surface area contributed by atoms with Crippen molar-refractivity contribution in [2.45, 2.75) is 103 Å². The average Bonchev–Trinajstić information content (AvgIpc) is 2.68. The topological polar surface area (TPSA) is 93.1 Å². The van der Waals surface area contributed by atoms with Crippen LogP contribution in [-0.2, 0) is 18.8 Å². The second-order valence-electron chi connectivity index (χ2n) is 7.29. The minimum absolute atomic E-state index is 0. The first-order valence-corrected chi connectivity index (χ1v) is 12.3. The van der Waals surface area contributed by atoms with Crippen molar-refractivity contribution in [2.75, 3.05) is 19.8 Å². The van der Waals surface area contributed by atoms with Crippen LogP contribution in [0.5, 0.6) is 0 Å². The quantitative estimate of drug-likeness (QED) is 0.159. The van der Waals surface area contributed by atoms with E-state index in [2.05, 4.69) is 23.3 Å². The van der Waals surface area contributed by atoms with Crippen LogP contribution in [0.2, 0.25) is 0 Å². The molecule has 29 heavy (non-hydrogen) atoms. The van der Waals surface area contributed by atoms with Gasteiger partial charge in [-0.25, -0.2) is 8.37 Å². The molecule has 0 bridgehead atoms. The van der Waals surface area contributed by atoms with Crippen LogP contribution in [0, 0.1) is 0 Å². The van der Waals surface area contributed by atoms with E-state index in [4.69, 9.17) is 14.4 Å². The van der Waals surface area contributed by atoms with Crippen LogP contribution in [-0.4, -0.2) is 44.6 Å². The molecule has 0 saturated carbocycles. The zero-order valence-corrected chi connectivity index (χ0v) is 21.5. The first-order valence-electron chi connectivity index (χ1n) is 11.0. The van der Waals surface area contributed by atoms with Gasteiger partial charge in [-0.15, -0.1) is 0 Å². The summed E-state index contributed by atoms with van der Waals surface area (Å²) in [6.45, 7) is 1.28. The van der Waals surface area contributed by atoms with Gasteiger partial charge in [0.15, 0.2) is 0 Å². The Hall–Kier alpha value is 0.530. The van der Waals surface area contributed by atoms with Gasteiger partial charge in [0.2, 0.25) is 0 Å². The average molecular weight is 447 g/mol.